The summed E-state index contributed by atoms with van der Waals surface area (Å²) in [5.41, 5.74) is 5.21. The standard InChI is InChI=1S/C25H37N5O4/c1-17-15-30(16-18(2)28-17)21(31)10-13-27-22(32)20(14-19-8-4-3-5-9-19)29-24(34)25(23(26)33)11-6-7-12-25/h3-5,8-9,17-18,20,28H,6-7,10-16H2,1-2H3,(H2,26,33)(H,27,32)(H,29,34)/t17-,18+,20-/m1/s1. The second-order valence-electron chi connectivity index (χ2n) is 9.68. The molecule has 0 unspecified atom stereocenters. The predicted molar refractivity (Wildman–Crippen MR) is 128 cm³/mol. The van der Waals surface area contributed by atoms with Crippen LogP contribution >= 0.6 is 0 Å². The molecule has 2 fully saturated rings. The monoisotopic (exact) mass is 471 g/mol. The molecule has 3 atom stereocenters. The van der Waals surface area contributed by atoms with E-state index < -0.39 is 23.3 Å². The van der Waals surface area contributed by atoms with Gasteiger partial charge in [-0.25, -0.2) is 0 Å². The molecule has 9 nitrogen and oxygen atoms in total. The Morgan fingerprint density at radius 2 is 1.71 bits per heavy atom. The molecule has 1 aromatic rings. The van der Waals surface area contributed by atoms with E-state index in [-0.39, 0.29) is 43.3 Å². The molecule has 2 aliphatic rings. The Balaban J connectivity index is 1.62. The summed E-state index contributed by atoms with van der Waals surface area (Å²) in [5, 5.41) is 8.98. The molecule has 0 spiro atoms. The first-order valence-corrected chi connectivity index (χ1v) is 12.2. The van der Waals surface area contributed by atoms with E-state index >= 15 is 0 Å². The molecule has 186 valence electrons. The van der Waals surface area contributed by atoms with Gasteiger partial charge in [-0.3, -0.25) is 19.2 Å². The van der Waals surface area contributed by atoms with Crippen LogP contribution in [-0.4, -0.2) is 66.3 Å². The van der Waals surface area contributed by atoms with Crippen LogP contribution in [0.1, 0.15) is 51.5 Å². The molecule has 1 aromatic carbocycles. The van der Waals surface area contributed by atoms with Gasteiger partial charge in [-0.15, -0.1) is 0 Å². The number of amides is 4. The largest absolute Gasteiger partial charge is 0.369 e. The smallest absolute Gasteiger partial charge is 0.242 e. The average Bonchev–Trinajstić information content (AvgIpc) is 3.30. The quantitative estimate of drug-likeness (QED) is 0.389. The minimum Gasteiger partial charge on any atom is -0.369 e. The summed E-state index contributed by atoms with van der Waals surface area (Å²) in [6, 6.07) is 8.93. The van der Waals surface area contributed by atoms with Crippen molar-refractivity contribution in [2.45, 2.75) is 70.5 Å². The highest BCUT2D eigenvalue weighted by molar-refractivity contribution is 6.05. The van der Waals surface area contributed by atoms with Gasteiger partial charge >= 0.3 is 0 Å². The summed E-state index contributed by atoms with van der Waals surface area (Å²) >= 11 is 0. The fraction of sp³-hybridized carbons (Fsp3) is 0.600. The molecule has 0 bridgehead atoms. The van der Waals surface area contributed by atoms with Gasteiger partial charge in [0.05, 0.1) is 0 Å². The maximum absolute atomic E-state index is 13.1. The Hall–Kier alpha value is -2.94. The Morgan fingerprint density at radius 1 is 1.09 bits per heavy atom. The number of nitrogens with two attached hydrogens (primary N) is 1. The molecule has 34 heavy (non-hydrogen) atoms. The Bertz CT molecular complexity index is 875. The lowest BCUT2D eigenvalue weighted by molar-refractivity contribution is -0.143. The molecule has 3 rings (SSSR count). The number of carbonyl (C=O) groups is 4. The fourth-order valence-corrected chi connectivity index (χ4v) is 5.02. The summed E-state index contributed by atoms with van der Waals surface area (Å²) in [7, 11) is 0. The van der Waals surface area contributed by atoms with Crippen LogP contribution in [0.25, 0.3) is 0 Å². The molecule has 1 heterocycles. The van der Waals surface area contributed by atoms with Crippen LogP contribution in [0.5, 0.6) is 0 Å². The molecular formula is C25H37N5O4. The predicted octanol–water partition coefficient (Wildman–Crippen LogP) is 0.475. The molecule has 1 aliphatic heterocycles. The number of carbonyl (C=O) groups excluding carboxylic acids is 4. The van der Waals surface area contributed by atoms with Gasteiger partial charge in [-0.2, -0.15) is 0 Å². The number of hydrogen-bond donors (Lipinski definition) is 4. The normalized spacial score (nSPS) is 22.6. The zero-order valence-electron chi connectivity index (χ0n) is 20.1. The number of benzene rings is 1. The van der Waals surface area contributed by atoms with Crippen LogP contribution in [0, 0.1) is 5.41 Å². The summed E-state index contributed by atoms with van der Waals surface area (Å²) in [6.07, 6.45) is 2.73. The summed E-state index contributed by atoms with van der Waals surface area (Å²) < 4.78 is 0. The van der Waals surface area contributed by atoms with Crippen LogP contribution in [0.2, 0.25) is 0 Å². The molecular weight excluding hydrogens is 434 g/mol. The highest BCUT2D eigenvalue weighted by atomic mass is 16.2. The molecule has 0 radical (unpaired) electrons. The SMILES string of the molecule is C[C@@H]1CN(C(=O)CCNC(=O)[C@@H](Cc2ccccc2)NC(=O)C2(C(N)=O)CCCC2)C[C@H](C)N1. The van der Waals surface area contributed by atoms with Gasteiger partial charge in [-0.1, -0.05) is 43.2 Å². The minimum absolute atomic E-state index is 0.0113. The lowest BCUT2D eigenvalue weighted by atomic mass is 9.84. The van der Waals surface area contributed by atoms with Gasteiger partial charge < -0.3 is 26.6 Å². The number of nitrogens with one attached hydrogen (secondary N) is 3. The topological polar surface area (TPSA) is 134 Å². The van der Waals surface area contributed by atoms with Gasteiger partial charge in [0.25, 0.3) is 0 Å². The van der Waals surface area contributed by atoms with Gasteiger partial charge in [0.1, 0.15) is 11.5 Å². The first-order valence-electron chi connectivity index (χ1n) is 12.2. The number of nitrogens with zero attached hydrogens (tertiary/aromatic N) is 1. The first-order chi connectivity index (χ1) is 16.2. The van der Waals surface area contributed by atoms with Gasteiger partial charge in [0, 0.05) is 44.6 Å². The summed E-state index contributed by atoms with van der Waals surface area (Å²) in [5.74, 6) is -1.53. The van der Waals surface area contributed by atoms with Gasteiger partial charge in [0.15, 0.2) is 0 Å². The highest BCUT2D eigenvalue weighted by Gasteiger charge is 2.47. The third kappa shape index (κ3) is 6.34. The van der Waals surface area contributed by atoms with Crippen molar-refractivity contribution in [3.05, 3.63) is 35.9 Å². The Kier molecular flexibility index (Phi) is 8.66. The number of primary amides is 1. The van der Waals surface area contributed by atoms with E-state index in [0.29, 0.717) is 25.9 Å². The van der Waals surface area contributed by atoms with Crippen molar-refractivity contribution in [1.82, 2.24) is 20.9 Å². The molecule has 0 aromatic heterocycles. The van der Waals surface area contributed by atoms with Crippen LogP contribution < -0.4 is 21.7 Å². The van der Waals surface area contributed by atoms with E-state index in [4.69, 9.17) is 5.73 Å². The van der Waals surface area contributed by atoms with Gasteiger partial charge in [0.2, 0.25) is 23.6 Å². The molecule has 9 heteroatoms. The maximum atomic E-state index is 13.1. The van der Waals surface area contributed by atoms with E-state index in [1.165, 1.54) is 0 Å². The van der Waals surface area contributed by atoms with Crippen LogP contribution in [0.4, 0.5) is 0 Å². The van der Waals surface area contributed by atoms with Crippen molar-refractivity contribution in [2.75, 3.05) is 19.6 Å². The first kappa shape index (κ1) is 25.7. The Morgan fingerprint density at radius 3 is 2.29 bits per heavy atom. The van der Waals surface area contributed by atoms with Crippen molar-refractivity contribution >= 4 is 23.6 Å². The third-order valence-electron chi connectivity index (χ3n) is 6.82. The van der Waals surface area contributed by atoms with E-state index in [2.05, 4.69) is 16.0 Å². The number of rotatable bonds is 9. The summed E-state index contributed by atoms with van der Waals surface area (Å²) in [6.45, 7) is 5.53. The van der Waals surface area contributed by atoms with Crippen LogP contribution in [0.15, 0.2) is 30.3 Å². The van der Waals surface area contributed by atoms with Gasteiger partial charge in [-0.05, 0) is 32.3 Å². The zero-order valence-corrected chi connectivity index (χ0v) is 20.1. The lowest BCUT2D eigenvalue weighted by Crippen LogP contribution is -2.56. The number of hydrogen-bond acceptors (Lipinski definition) is 5. The van der Waals surface area contributed by atoms with E-state index in [9.17, 15) is 19.2 Å². The van der Waals surface area contributed by atoms with E-state index in [1.807, 2.05) is 49.1 Å². The van der Waals surface area contributed by atoms with Crippen molar-refractivity contribution in [2.24, 2.45) is 11.1 Å². The second kappa shape index (κ2) is 11.5. The number of piperazine rings is 1. The lowest BCUT2D eigenvalue weighted by Gasteiger charge is -2.36. The van der Waals surface area contributed by atoms with Crippen molar-refractivity contribution < 1.29 is 19.2 Å². The summed E-state index contributed by atoms with van der Waals surface area (Å²) in [4.78, 5) is 52.7. The molecule has 4 amide bonds. The van der Waals surface area contributed by atoms with Crippen molar-refractivity contribution in [1.29, 1.82) is 0 Å². The highest BCUT2D eigenvalue weighted by Crippen LogP contribution is 2.38. The fourth-order valence-electron chi connectivity index (χ4n) is 5.02. The average molecular weight is 472 g/mol. The molecule has 1 saturated carbocycles. The molecule has 1 saturated heterocycles. The van der Waals surface area contributed by atoms with Crippen LogP contribution in [0.3, 0.4) is 0 Å². The second-order valence-corrected chi connectivity index (χ2v) is 9.68. The molecule has 1 aliphatic carbocycles. The third-order valence-corrected chi connectivity index (χ3v) is 6.82. The van der Waals surface area contributed by atoms with E-state index in [1.54, 1.807) is 0 Å². The Labute approximate surface area is 201 Å². The maximum Gasteiger partial charge on any atom is 0.242 e. The zero-order chi connectivity index (χ0) is 24.7. The van der Waals surface area contributed by atoms with Crippen LogP contribution in [-0.2, 0) is 25.6 Å². The van der Waals surface area contributed by atoms with Crippen molar-refractivity contribution in [3.8, 4) is 0 Å². The van der Waals surface area contributed by atoms with Crippen molar-refractivity contribution in [3.63, 3.8) is 0 Å². The minimum atomic E-state index is -1.26. The molecule has 5 N–H and O–H groups in total. The van der Waals surface area contributed by atoms with E-state index in [0.717, 1.165) is 18.4 Å².